The van der Waals surface area contributed by atoms with Crippen LogP contribution in [0.3, 0.4) is 0 Å². The number of carbonyl (C=O) groups is 1. The van der Waals surface area contributed by atoms with Crippen molar-refractivity contribution in [3.8, 4) is 0 Å². The van der Waals surface area contributed by atoms with Gasteiger partial charge in [-0.1, -0.05) is 23.7 Å². The van der Waals surface area contributed by atoms with Crippen LogP contribution >= 0.6 is 11.6 Å². The summed E-state index contributed by atoms with van der Waals surface area (Å²) < 4.78 is 27.5. The second-order valence-corrected chi connectivity index (χ2v) is 8.08. The standard InChI is InChI=1S/C20H17ClN2O3S/c1-14-3-2-4-18(13-14)23-27(25,26)19-11-9-17(10-12-19)22-20(24)15-5-7-16(21)8-6-15/h2-13,23H,1H3,(H,22,24). The first kappa shape index (κ1) is 18.9. The number of rotatable bonds is 5. The van der Waals surface area contributed by atoms with Gasteiger partial charge in [0.15, 0.2) is 0 Å². The second-order valence-electron chi connectivity index (χ2n) is 5.96. The van der Waals surface area contributed by atoms with Crippen LogP contribution in [-0.4, -0.2) is 14.3 Å². The minimum absolute atomic E-state index is 0.105. The van der Waals surface area contributed by atoms with Crippen LogP contribution in [-0.2, 0) is 10.0 Å². The molecule has 0 aliphatic heterocycles. The lowest BCUT2D eigenvalue weighted by atomic mass is 10.2. The number of carbonyl (C=O) groups excluding carboxylic acids is 1. The van der Waals surface area contributed by atoms with E-state index in [4.69, 9.17) is 11.6 Å². The van der Waals surface area contributed by atoms with Gasteiger partial charge in [-0.2, -0.15) is 0 Å². The highest BCUT2D eigenvalue weighted by molar-refractivity contribution is 7.92. The second kappa shape index (κ2) is 7.82. The zero-order chi connectivity index (χ0) is 19.4. The smallest absolute Gasteiger partial charge is 0.261 e. The minimum Gasteiger partial charge on any atom is -0.322 e. The molecule has 0 aliphatic rings. The van der Waals surface area contributed by atoms with Crippen LogP contribution in [0, 0.1) is 6.92 Å². The number of hydrogen-bond acceptors (Lipinski definition) is 3. The Morgan fingerprint density at radius 2 is 1.56 bits per heavy atom. The zero-order valence-electron chi connectivity index (χ0n) is 14.4. The topological polar surface area (TPSA) is 75.3 Å². The van der Waals surface area contributed by atoms with Gasteiger partial charge in [-0.15, -0.1) is 0 Å². The Bertz CT molecular complexity index is 1060. The SMILES string of the molecule is Cc1cccc(NS(=O)(=O)c2ccc(NC(=O)c3ccc(Cl)cc3)cc2)c1. The molecule has 0 fully saturated rings. The van der Waals surface area contributed by atoms with E-state index >= 15 is 0 Å². The van der Waals surface area contributed by atoms with Crippen molar-refractivity contribution in [2.75, 3.05) is 10.0 Å². The Labute approximate surface area is 163 Å². The van der Waals surface area contributed by atoms with E-state index in [1.807, 2.05) is 13.0 Å². The summed E-state index contributed by atoms with van der Waals surface area (Å²) in [6, 6.07) is 19.5. The molecule has 3 rings (SSSR count). The van der Waals surface area contributed by atoms with Crippen molar-refractivity contribution in [3.05, 3.63) is 88.9 Å². The van der Waals surface area contributed by atoms with Crippen LogP contribution in [0.5, 0.6) is 0 Å². The van der Waals surface area contributed by atoms with Gasteiger partial charge in [0.2, 0.25) is 0 Å². The van der Waals surface area contributed by atoms with Crippen molar-refractivity contribution in [1.29, 1.82) is 0 Å². The molecular weight excluding hydrogens is 384 g/mol. The van der Waals surface area contributed by atoms with Crippen LogP contribution < -0.4 is 10.0 Å². The number of hydrogen-bond donors (Lipinski definition) is 2. The Morgan fingerprint density at radius 3 is 2.19 bits per heavy atom. The number of nitrogens with one attached hydrogen (secondary N) is 2. The lowest BCUT2D eigenvalue weighted by Gasteiger charge is -2.10. The van der Waals surface area contributed by atoms with Crippen molar-refractivity contribution < 1.29 is 13.2 Å². The third-order valence-corrected chi connectivity index (χ3v) is 5.45. The van der Waals surface area contributed by atoms with Gasteiger partial charge in [-0.25, -0.2) is 8.42 Å². The molecule has 0 spiro atoms. The maximum Gasteiger partial charge on any atom is 0.261 e. The summed E-state index contributed by atoms with van der Waals surface area (Å²) in [5.41, 5.74) is 2.40. The first-order valence-corrected chi connectivity index (χ1v) is 9.96. The van der Waals surface area contributed by atoms with Gasteiger partial charge in [0, 0.05) is 22.0 Å². The summed E-state index contributed by atoms with van der Waals surface area (Å²) in [7, 11) is -3.71. The van der Waals surface area contributed by atoms with Crippen LogP contribution in [0.25, 0.3) is 0 Å². The Balaban J connectivity index is 1.72. The van der Waals surface area contributed by atoms with Crippen LogP contribution in [0.4, 0.5) is 11.4 Å². The molecule has 2 N–H and O–H groups in total. The van der Waals surface area contributed by atoms with Crippen LogP contribution in [0.15, 0.2) is 77.7 Å². The molecule has 7 heteroatoms. The van der Waals surface area contributed by atoms with E-state index < -0.39 is 10.0 Å². The maximum atomic E-state index is 12.5. The highest BCUT2D eigenvalue weighted by Gasteiger charge is 2.14. The first-order valence-electron chi connectivity index (χ1n) is 8.10. The molecule has 0 heterocycles. The molecule has 0 unspecified atom stereocenters. The molecule has 0 saturated heterocycles. The Kier molecular flexibility index (Phi) is 5.48. The van der Waals surface area contributed by atoms with E-state index in [1.54, 1.807) is 54.6 Å². The van der Waals surface area contributed by atoms with Crippen LogP contribution in [0.1, 0.15) is 15.9 Å². The zero-order valence-corrected chi connectivity index (χ0v) is 16.0. The average Bonchev–Trinajstić information content (AvgIpc) is 2.62. The summed E-state index contributed by atoms with van der Waals surface area (Å²) >= 11 is 5.81. The molecule has 0 radical (unpaired) electrons. The van der Waals surface area contributed by atoms with Crippen molar-refractivity contribution >= 4 is 38.9 Å². The van der Waals surface area contributed by atoms with E-state index in [0.717, 1.165) is 5.56 Å². The predicted octanol–water partition coefficient (Wildman–Crippen LogP) is 4.70. The molecule has 138 valence electrons. The lowest BCUT2D eigenvalue weighted by molar-refractivity contribution is 0.102. The summed E-state index contributed by atoms with van der Waals surface area (Å²) in [5, 5.41) is 3.26. The van der Waals surface area contributed by atoms with Crippen molar-refractivity contribution in [2.45, 2.75) is 11.8 Å². The lowest BCUT2D eigenvalue weighted by Crippen LogP contribution is -2.14. The summed E-state index contributed by atoms with van der Waals surface area (Å²) in [4.78, 5) is 12.3. The van der Waals surface area contributed by atoms with E-state index in [2.05, 4.69) is 10.0 Å². The monoisotopic (exact) mass is 400 g/mol. The highest BCUT2D eigenvalue weighted by Crippen LogP contribution is 2.19. The number of benzene rings is 3. The van der Waals surface area contributed by atoms with E-state index in [9.17, 15) is 13.2 Å². The molecule has 0 aliphatic carbocycles. The molecule has 3 aromatic rings. The van der Waals surface area contributed by atoms with Gasteiger partial charge in [-0.05, 0) is 73.2 Å². The largest absolute Gasteiger partial charge is 0.322 e. The van der Waals surface area contributed by atoms with Crippen molar-refractivity contribution in [2.24, 2.45) is 0 Å². The quantitative estimate of drug-likeness (QED) is 0.651. The predicted molar refractivity (Wildman–Crippen MR) is 108 cm³/mol. The maximum absolute atomic E-state index is 12.5. The number of halogens is 1. The van der Waals surface area contributed by atoms with Gasteiger partial charge in [-0.3, -0.25) is 9.52 Å². The summed E-state index contributed by atoms with van der Waals surface area (Å²) in [6.45, 7) is 1.88. The Morgan fingerprint density at radius 1 is 0.889 bits per heavy atom. The molecule has 0 saturated carbocycles. The fraction of sp³-hybridized carbons (Fsp3) is 0.0500. The Hall–Kier alpha value is -2.83. The number of sulfonamides is 1. The fourth-order valence-electron chi connectivity index (χ4n) is 2.44. The molecule has 3 aromatic carbocycles. The van der Waals surface area contributed by atoms with E-state index in [-0.39, 0.29) is 10.8 Å². The van der Waals surface area contributed by atoms with Crippen LogP contribution in [0.2, 0.25) is 5.02 Å². The molecule has 1 amide bonds. The number of anilines is 2. The van der Waals surface area contributed by atoms with E-state index in [1.165, 1.54) is 12.1 Å². The van der Waals surface area contributed by atoms with Gasteiger partial charge in [0.1, 0.15) is 0 Å². The van der Waals surface area contributed by atoms with Gasteiger partial charge < -0.3 is 5.32 Å². The molecular formula is C20H17ClN2O3S. The fourth-order valence-corrected chi connectivity index (χ4v) is 3.62. The molecule has 0 atom stereocenters. The third-order valence-electron chi connectivity index (χ3n) is 3.80. The molecule has 27 heavy (non-hydrogen) atoms. The summed E-state index contributed by atoms with van der Waals surface area (Å²) in [6.07, 6.45) is 0. The third kappa shape index (κ3) is 4.87. The average molecular weight is 401 g/mol. The molecule has 0 bridgehead atoms. The van der Waals surface area contributed by atoms with Crippen molar-refractivity contribution in [3.63, 3.8) is 0 Å². The number of amides is 1. The first-order chi connectivity index (χ1) is 12.8. The highest BCUT2D eigenvalue weighted by atomic mass is 35.5. The van der Waals surface area contributed by atoms with Gasteiger partial charge in [0.25, 0.3) is 15.9 Å². The van der Waals surface area contributed by atoms with Crippen molar-refractivity contribution in [1.82, 2.24) is 0 Å². The summed E-state index contributed by atoms with van der Waals surface area (Å²) in [5.74, 6) is -0.305. The number of aryl methyl sites for hydroxylation is 1. The molecule has 0 aromatic heterocycles. The minimum atomic E-state index is -3.71. The normalized spacial score (nSPS) is 11.0. The van der Waals surface area contributed by atoms with Gasteiger partial charge >= 0.3 is 0 Å². The van der Waals surface area contributed by atoms with Gasteiger partial charge in [0.05, 0.1) is 4.90 Å². The molecule has 5 nitrogen and oxygen atoms in total. The van der Waals surface area contributed by atoms with E-state index in [0.29, 0.717) is 22.0 Å².